The van der Waals surface area contributed by atoms with Crippen molar-refractivity contribution in [1.82, 2.24) is 0 Å². The molecule has 0 aromatic carbocycles. The van der Waals surface area contributed by atoms with E-state index in [9.17, 15) is 0 Å². The Hall–Kier alpha value is -0.160. The third-order valence-corrected chi connectivity index (χ3v) is 10.9. The Balaban J connectivity index is 1.79. The van der Waals surface area contributed by atoms with Gasteiger partial charge in [0.1, 0.15) is 0 Å². The predicted molar refractivity (Wildman–Crippen MR) is 188 cm³/mol. The van der Waals surface area contributed by atoms with Crippen molar-refractivity contribution in [2.45, 2.75) is 168 Å². The van der Waals surface area contributed by atoms with Gasteiger partial charge in [-0.3, -0.25) is 0 Å². The lowest BCUT2D eigenvalue weighted by Gasteiger charge is -2.45. The molecule has 0 aliphatic carbocycles. The summed E-state index contributed by atoms with van der Waals surface area (Å²) in [6.45, 7) is 16.7. The summed E-state index contributed by atoms with van der Waals surface area (Å²) in [5.41, 5.74) is 0.332. The van der Waals surface area contributed by atoms with Crippen LogP contribution in [-0.4, -0.2) is 88.8 Å². The zero-order valence-electron chi connectivity index (χ0n) is 30.3. The molecule has 43 heavy (non-hydrogen) atoms. The van der Waals surface area contributed by atoms with Crippen LogP contribution in [0.4, 0.5) is 0 Å². The van der Waals surface area contributed by atoms with Crippen LogP contribution in [0.5, 0.6) is 0 Å². The number of unbranched alkanes of at least 4 members (excludes halogenated alkanes) is 16. The van der Waals surface area contributed by atoms with Crippen molar-refractivity contribution in [3.63, 3.8) is 0 Å². The molecule has 2 aliphatic rings. The number of rotatable bonds is 30. The van der Waals surface area contributed by atoms with E-state index in [0.717, 1.165) is 26.4 Å². The van der Waals surface area contributed by atoms with Gasteiger partial charge in [0.2, 0.25) is 0 Å². The lowest BCUT2D eigenvalue weighted by atomic mass is 9.80. The van der Waals surface area contributed by atoms with E-state index in [0.29, 0.717) is 5.41 Å². The Bertz CT molecular complexity index is 573. The van der Waals surface area contributed by atoms with Crippen LogP contribution < -0.4 is 0 Å². The van der Waals surface area contributed by atoms with E-state index in [2.05, 4.69) is 27.9 Å². The van der Waals surface area contributed by atoms with Gasteiger partial charge < -0.3 is 18.4 Å². The summed E-state index contributed by atoms with van der Waals surface area (Å²) >= 11 is 0. The second-order valence-electron chi connectivity index (χ2n) is 15.8. The summed E-state index contributed by atoms with van der Waals surface area (Å²) < 4.78 is 15.2. The highest BCUT2D eigenvalue weighted by Crippen LogP contribution is 2.36. The number of likely N-dealkylation sites (tertiary alicyclic amines) is 2. The van der Waals surface area contributed by atoms with Gasteiger partial charge >= 0.3 is 0 Å². The maximum Gasteiger partial charge on any atom is 0.0919 e. The first-order valence-electron chi connectivity index (χ1n) is 19.8. The molecular weight excluding hydrogens is 528 g/mol. The largest absolute Gasteiger partial charge is 0.381 e. The second kappa shape index (κ2) is 24.1. The van der Waals surface area contributed by atoms with Crippen molar-refractivity contribution in [3.8, 4) is 0 Å². The molecule has 0 N–H and O–H groups in total. The Morgan fingerprint density at radius 1 is 0.442 bits per heavy atom. The van der Waals surface area contributed by atoms with Crippen LogP contribution in [-0.2, 0) is 9.47 Å². The van der Waals surface area contributed by atoms with Crippen molar-refractivity contribution in [1.29, 1.82) is 0 Å². The molecule has 2 rings (SSSR count). The van der Waals surface area contributed by atoms with Gasteiger partial charge in [-0.25, -0.2) is 0 Å². The minimum atomic E-state index is 0.332. The predicted octanol–water partition coefficient (Wildman–Crippen LogP) is 10.3. The third kappa shape index (κ3) is 18.5. The summed E-state index contributed by atoms with van der Waals surface area (Å²) in [4.78, 5) is 0. The van der Waals surface area contributed by atoms with Crippen LogP contribution in [0.2, 0.25) is 0 Å². The molecular formula is C39H80N2O2+2. The highest BCUT2D eigenvalue weighted by atomic mass is 16.5. The van der Waals surface area contributed by atoms with Gasteiger partial charge in [0, 0.05) is 45.5 Å². The number of ether oxygens (including phenoxy) is 2. The van der Waals surface area contributed by atoms with E-state index in [1.165, 1.54) is 202 Å². The number of hydrogen-bond acceptors (Lipinski definition) is 2. The molecule has 4 heteroatoms. The lowest BCUT2D eigenvalue weighted by Crippen LogP contribution is -2.58. The standard InChI is InChI=1S/C39H80N2O2/c1-5-7-9-11-12-13-14-15-18-27-35-43-38-39(36-40(3)29-21-22-30-40,37-41(4)31-23-24-32-41)28-20-17-16-19-26-34-42-33-25-10-8-6-2/h5-38H2,1-4H3/q+2. The first kappa shape index (κ1) is 39.0. The normalized spacial score (nSPS) is 18.1. The Morgan fingerprint density at radius 2 is 0.791 bits per heavy atom. The van der Waals surface area contributed by atoms with Gasteiger partial charge in [0.05, 0.1) is 65.4 Å². The highest BCUT2D eigenvalue weighted by molar-refractivity contribution is 4.82. The van der Waals surface area contributed by atoms with Gasteiger partial charge in [-0.05, 0) is 25.7 Å². The van der Waals surface area contributed by atoms with E-state index >= 15 is 0 Å². The minimum Gasteiger partial charge on any atom is -0.381 e. The molecule has 0 unspecified atom stereocenters. The van der Waals surface area contributed by atoms with Gasteiger partial charge in [-0.2, -0.15) is 0 Å². The lowest BCUT2D eigenvalue weighted by molar-refractivity contribution is -0.928. The smallest absolute Gasteiger partial charge is 0.0919 e. The van der Waals surface area contributed by atoms with Crippen molar-refractivity contribution in [2.24, 2.45) is 5.41 Å². The van der Waals surface area contributed by atoms with Crippen LogP contribution in [0.3, 0.4) is 0 Å². The molecule has 0 saturated carbocycles. The van der Waals surface area contributed by atoms with Gasteiger partial charge in [0.25, 0.3) is 0 Å². The molecule has 0 amide bonds. The monoisotopic (exact) mass is 609 g/mol. The minimum absolute atomic E-state index is 0.332. The van der Waals surface area contributed by atoms with Gasteiger partial charge in [-0.1, -0.05) is 117 Å². The van der Waals surface area contributed by atoms with E-state index in [-0.39, 0.29) is 0 Å². The van der Waals surface area contributed by atoms with E-state index in [1.807, 2.05) is 0 Å². The van der Waals surface area contributed by atoms with Crippen LogP contribution in [0.15, 0.2) is 0 Å². The van der Waals surface area contributed by atoms with Crippen molar-refractivity contribution >= 4 is 0 Å². The molecule has 2 saturated heterocycles. The fraction of sp³-hybridized carbons (Fsp3) is 1.00. The molecule has 2 heterocycles. The summed E-state index contributed by atoms with van der Waals surface area (Å²) in [5.74, 6) is 0. The molecule has 0 bridgehead atoms. The Kier molecular flexibility index (Phi) is 21.8. The average molecular weight is 609 g/mol. The maximum absolute atomic E-state index is 6.70. The maximum atomic E-state index is 6.70. The molecule has 0 atom stereocenters. The third-order valence-electron chi connectivity index (χ3n) is 10.9. The fourth-order valence-electron chi connectivity index (χ4n) is 8.45. The average Bonchev–Trinajstić information content (AvgIpc) is 3.61. The van der Waals surface area contributed by atoms with Crippen molar-refractivity contribution in [3.05, 3.63) is 0 Å². The van der Waals surface area contributed by atoms with Crippen molar-refractivity contribution < 1.29 is 18.4 Å². The molecule has 4 nitrogen and oxygen atoms in total. The van der Waals surface area contributed by atoms with E-state index < -0.39 is 0 Å². The molecule has 0 radical (unpaired) electrons. The molecule has 2 aliphatic heterocycles. The van der Waals surface area contributed by atoms with Crippen LogP contribution >= 0.6 is 0 Å². The number of nitrogens with zero attached hydrogens (tertiary/aromatic N) is 2. The summed E-state index contributed by atoms with van der Waals surface area (Å²) in [7, 11) is 5.13. The SMILES string of the molecule is CCCCCCCCCCCCOCC(CCCCCCCOCCCCCC)(C[N+]1(C)CCCC1)C[N+]1(C)CCCC1. The summed E-state index contributed by atoms with van der Waals surface area (Å²) in [5, 5.41) is 0. The quantitative estimate of drug-likeness (QED) is 0.0596. The molecule has 0 spiro atoms. The first-order valence-corrected chi connectivity index (χ1v) is 19.8. The molecule has 0 aromatic rings. The number of hydrogen-bond donors (Lipinski definition) is 0. The molecule has 256 valence electrons. The van der Waals surface area contributed by atoms with E-state index in [1.54, 1.807) is 0 Å². The zero-order valence-corrected chi connectivity index (χ0v) is 30.3. The zero-order chi connectivity index (χ0) is 31.0. The van der Waals surface area contributed by atoms with Crippen LogP contribution in [0.25, 0.3) is 0 Å². The second-order valence-corrected chi connectivity index (χ2v) is 15.8. The number of quaternary nitrogens is 2. The molecule has 0 aromatic heterocycles. The first-order chi connectivity index (χ1) is 20.9. The van der Waals surface area contributed by atoms with Gasteiger partial charge in [0.15, 0.2) is 0 Å². The van der Waals surface area contributed by atoms with Crippen LogP contribution in [0.1, 0.15) is 168 Å². The topological polar surface area (TPSA) is 18.5 Å². The van der Waals surface area contributed by atoms with E-state index in [4.69, 9.17) is 9.47 Å². The van der Waals surface area contributed by atoms with Crippen molar-refractivity contribution in [2.75, 3.05) is 79.8 Å². The molecule has 2 fully saturated rings. The highest BCUT2D eigenvalue weighted by Gasteiger charge is 2.46. The Morgan fingerprint density at radius 3 is 1.23 bits per heavy atom. The summed E-state index contributed by atoms with van der Waals surface area (Å²) in [6.07, 6.45) is 32.9. The summed E-state index contributed by atoms with van der Waals surface area (Å²) in [6, 6.07) is 0. The Labute approximate surface area is 271 Å². The van der Waals surface area contributed by atoms with Gasteiger partial charge in [-0.15, -0.1) is 0 Å². The fourth-order valence-corrected chi connectivity index (χ4v) is 8.45. The van der Waals surface area contributed by atoms with Crippen LogP contribution in [0, 0.1) is 5.41 Å².